The molecule has 2 aliphatic heterocycles. The van der Waals surface area contributed by atoms with E-state index in [2.05, 4.69) is 50.1 Å². The van der Waals surface area contributed by atoms with Crippen LogP contribution in [0.2, 0.25) is 0 Å². The van der Waals surface area contributed by atoms with Crippen LogP contribution in [-0.2, 0) is 0 Å². The summed E-state index contributed by atoms with van der Waals surface area (Å²) in [6.45, 7) is 9.98. The van der Waals surface area contributed by atoms with Crippen molar-refractivity contribution in [3.63, 3.8) is 0 Å². The van der Waals surface area contributed by atoms with E-state index >= 15 is 0 Å². The lowest BCUT2D eigenvalue weighted by Crippen LogP contribution is -2.25. The van der Waals surface area contributed by atoms with Crippen molar-refractivity contribution in [3.05, 3.63) is 57.6 Å². The van der Waals surface area contributed by atoms with Gasteiger partial charge in [0.1, 0.15) is 0 Å². The number of benzene rings is 2. The first-order valence-corrected chi connectivity index (χ1v) is 12.9. The number of aryl methyl sites for hydroxylation is 4. The Labute approximate surface area is 187 Å². The average molecular weight is 440 g/mol. The molecule has 30 heavy (non-hydrogen) atoms. The van der Waals surface area contributed by atoms with E-state index in [0.717, 1.165) is 58.0 Å². The summed E-state index contributed by atoms with van der Waals surface area (Å²) in [5.74, 6) is 1.51. The second kappa shape index (κ2) is 8.72. The maximum absolute atomic E-state index is 6.65. The third-order valence-electron chi connectivity index (χ3n) is 5.57. The zero-order valence-electron chi connectivity index (χ0n) is 18.1. The summed E-state index contributed by atoms with van der Waals surface area (Å²) in [4.78, 5) is 12.1. The van der Waals surface area contributed by atoms with Gasteiger partial charge in [-0.2, -0.15) is 10.0 Å². The fourth-order valence-electron chi connectivity index (χ4n) is 4.30. The van der Waals surface area contributed by atoms with Gasteiger partial charge in [-0.1, -0.05) is 12.1 Å². The highest BCUT2D eigenvalue weighted by atomic mass is 35.6. The largest absolute Gasteiger partial charge is 0.999 e. The molecule has 2 heterocycles. The second-order valence-corrected chi connectivity index (χ2v) is 10.5. The van der Waals surface area contributed by atoms with Crippen molar-refractivity contribution in [2.45, 2.75) is 39.8 Å². The van der Waals surface area contributed by atoms with Crippen LogP contribution in [0.25, 0.3) is 0 Å². The molecule has 0 saturated carbocycles. The summed E-state index contributed by atoms with van der Waals surface area (Å²) < 4.78 is 12.4. The maximum atomic E-state index is 6.65. The highest BCUT2D eigenvalue weighted by Crippen LogP contribution is 2.30. The van der Waals surface area contributed by atoms with Crippen LogP contribution >= 0.6 is 10.0 Å². The molecule has 156 valence electrons. The van der Waals surface area contributed by atoms with Gasteiger partial charge < -0.3 is 12.5 Å². The summed E-state index contributed by atoms with van der Waals surface area (Å²) in [6.07, 6.45) is 3.83. The predicted octanol–water partition coefficient (Wildman–Crippen LogP) is 4.14. The lowest BCUT2D eigenvalue weighted by molar-refractivity contribution is 0.408. The van der Waals surface area contributed by atoms with Crippen molar-refractivity contribution in [1.29, 1.82) is 0 Å². The Hall–Kier alpha value is -1.84. The third kappa shape index (κ3) is 4.58. The van der Waals surface area contributed by atoms with Crippen LogP contribution < -0.4 is 7.58 Å². The van der Waals surface area contributed by atoms with E-state index in [1.165, 1.54) is 0 Å². The molecular formula is C23H27AlClN3O2. The molecule has 0 unspecified atom stereocenters. The number of aliphatic imine (C=N–C) groups is 2. The molecular weight excluding hydrogens is 413 g/mol. The molecule has 2 aliphatic rings. The van der Waals surface area contributed by atoms with Crippen LogP contribution in [0.3, 0.4) is 0 Å². The van der Waals surface area contributed by atoms with E-state index in [9.17, 15) is 0 Å². The Morgan fingerprint density at radius 1 is 0.833 bits per heavy atom. The summed E-state index contributed by atoms with van der Waals surface area (Å²) in [5, 5.41) is 0. The van der Waals surface area contributed by atoms with Gasteiger partial charge >= 0.3 is 13.9 Å². The highest BCUT2D eigenvalue weighted by molar-refractivity contribution is 7.00. The van der Waals surface area contributed by atoms with E-state index in [1.54, 1.807) is 0 Å². The number of halogens is 1. The Bertz CT molecular complexity index is 944. The Morgan fingerprint density at radius 3 is 1.70 bits per heavy atom. The topological polar surface area (TPSA) is 46.4 Å². The lowest BCUT2D eigenvalue weighted by Gasteiger charge is -2.19. The molecule has 0 radical (unpaired) electrons. The zero-order chi connectivity index (χ0) is 21.4. The van der Waals surface area contributed by atoms with Crippen LogP contribution in [0.5, 0.6) is 11.5 Å². The predicted molar refractivity (Wildman–Crippen MR) is 125 cm³/mol. The summed E-state index contributed by atoms with van der Waals surface area (Å²) in [7, 11) is 8.76. The normalized spacial score (nSPS) is 21.5. The van der Waals surface area contributed by atoms with Crippen molar-refractivity contribution in [1.82, 2.24) is 4.90 Å². The number of likely N-dealkylation sites (tertiary alicyclic amines) is 1. The minimum Gasteiger partial charge on any atom is -0.599 e. The van der Waals surface area contributed by atoms with E-state index < -0.39 is 13.9 Å². The molecule has 0 N–H and O–H groups in total. The fraction of sp³-hybridized carbons (Fsp3) is 0.391. The van der Waals surface area contributed by atoms with Gasteiger partial charge in [-0.05, 0) is 69.1 Å². The van der Waals surface area contributed by atoms with Gasteiger partial charge in [0.25, 0.3) is 0 Å². The first kappa shape index (κ1) is 21.4. The standard InChI is InChI=1S/C23H29N3O2.Al.ClH/c1-14-6-16(3)22(27)18(8-14)10-24-20-12-26(5)13-21(20)25-11-19-9-15(2)7-17(4)23(19)28;;/h6-11,20-21,27-28H,12-13H2,1-5H3;;1H/q;+3;/p-3/t20-,21-;;/m1../s1. The van der Waals surface area contributed by atoms with Crippen LogP contribution in [-0.4, -0.2) is 63.4 Å². The van der Waals surface area contributed by atoms with Crippen molar-refractivity contribution in [2.75, 3.05) is 20.1 Å². The minimum absolute atomic E-state index is 0.0972. The van der Waals surface area contributed by atoms with Gasteiger partial charge in [-0.25, -0.2) is 0 Å². The van der Waals surface area contributed by atoms with Gasteiger partial charge in [-0.3, -0.25) is 9.98 Å². The number of hydrogen-bond donors (Lipinski definition) is 0. The third-order valence-corrected chi connectivity index (χ3v) is 6.94. The number of likely N-dealkylation sites (N-methyl/N-ethyl adjacent to an activating group) is 1. The van der Waals surface area contributed by atoms with Gasteiger partial charge in [0.15, 0.2) is 0 Å². The molecule has 2 aromatic carbocycles. The summed E-state index contributed by atoms with van der Waals surface area (Å²) in [6, 6.07) is 8.56. The van der Waals surface area contributed by atoms with Crippen LogP contribution in [0.15, 0.2) is 34.3 Å². The molecule has 2 aromatic rings. The Kier molecular flexibility index (Phi) is 6.22. The van der Waals surface area contributed by atoms with Crippen LogP contribution in [0.1, 0.15) is 33.4 Å². The highest BCUT2D eigenvalue weighted by Gasteiger charge is 2.35. The fourth-order valence-corrected chi connectivity index (χ4v) is 5.90. The number of nitrogens with zero attached hydrogens (tertiary/aromatic N) is 3. The molecule has 0 bridgehead atoms. The molecule has 4 rings (SSSR count). The van der Waals surface area contributed by atoms with Crippen molar-refractivity contribution in [2.24, 2.45) is 9.98 Å². The maximum Gasteiger partial charge on any atom is 0.999 e. The van der Waals surface area contributed by atoms with Crippen molar-refractivity contribution >= 4 is 36.4 Å². The minimum atomic E-state index is -2.52. The van der Waals surface area contributed by atoms with E-state index in [4.69, 9.17) is 27.6 Å². The molecule has 0 amide bonds. The van der Waals surface area contributed by atoms with Crippen LogP contribution in [0.4, 0.5) is 0 Å². The van der Waals surface area contributed by atoms with Gasteiger partial charge in [0.05, 0.1) is 23.6 Å². The Morgan fingerprint density at radius 2 is 1.27 bits per heavy atom. The molecule has 1 fully saturated rings. The van der Waals surface area contributed by atoms with Gasteiger partial charge in [-0.15, -0.1) is 0 Å². The quantitative estimate of drug-likeness (QED) is 0.580. The van der Waals surface area contributed by atoms with Gasteiger partial charge in [0.2, 0.25) is 0 Å². The number of rotatable bonds is 0. The first-order chi connectivity index (χ1) is 14.3. The SMILES string of the molecule is Cc1cc(C)c2c(c1)C=N[C@@H]1CN(C)C[C@H]1N=Cc1cc(C)cc(C)c1[O][Al]([Cl])[O]2. The summed E-state index contributed by atoms with van der Waals surface area (Å²) in [5.41, 5.74) is 6.26. The van der Waals surface area contributed by atoms with Gasteiger partial charge in [0, 0.05) is 36.6 Å². The van der Waals surface area contributed by atoms with Crippen LogP contribution in [0, 0.1) is 27.7 Å². The van der Waals surface area contributed by atoms with E-state index in [1.807, 2.05) is 26.3 Å². The average Bonchev–Trinajstić information content (AvgIpc) is 3.02. The molecule has 1 saturated heterocycles. The van der Waals surface area contributed by atoms with Crippen molar-refractivity contribution in [3.8, 4) is 11.5 Å². The Balaban J connectivity index is 1.84. The van der Waals surface area contributed by atoms with Crippen molar-refractivity contribution < 1.29 is 7.58 Å². The molecule has 0 spiro atoms. The number of hydrogen-bond acceptors (Lipinski definition) is 5. The second-order valence-electron chi connectivity index (χ2n) is 8.42. The number of fused-ring (bicyclic) bond motifs is 3. The first-order valence-electron chi connectivity index (χ1n) is 10.2. The molecule has 2 atom stereocenters. The molecule has 0 aromatic heterocycles. The van der Waals surface area contributed by atoms with E-state index in [-0.39, 0.29) is 12.1 Å². The zero-order valence-corrected chi connectivity index (χ0v) is 20.1. The lowest BCUT2D eigenvalue weighted by atomic mass is 10.1. The molecule has 0 aliphatic carbocycles. The molecule has 7 heteroatoms. The molecule has 5 nitrogen and oxygen atoms in total. The monoisotopic (exact) mass is 439 g/mol. The van der Waals surface area contributed by atoms with E-state index in [0.29, 0.717) is 0 Å². The smallest absolute Gasteiger partial charge is 0.599 e. The summed E-state index contributed by atoms with van der Waals surface area (Å²) >= 11 is -2.52.